The molecule has 0 aromatic heterocycles. The zero-order valence-electron chi connectivity index (χ0n) is 15.7. The van der Waals surface area contributed by atoms with Crippen molar-refractivity contribution in [3.63, 3.8) is 0 Å². The van der Waals surface area contributed by atoms with E-state index < -0.39 is 10.0 Å². The molecule has 0 saturated carbocycles. The second-order valence-corrected chi connectivity index (χ2v) is 8.38. The van der Waals surface area contributed by atoms with Gasteiger partial charge < -0.3 is 10.6 Å². The number of benzene rings is 1. The van der Waals surface area contributed by atoms with Crippen LogP contribution in [0.15, 0.2) is 29.2 Å². The van der Waals surface area contributed by atoms with Crippen molar-refractivity contribution >= 4 is 38.9 Å². The fourth-order valence-corrected chi connectivity index (χ4v) is 4.25. The Labute approximate surface area is 162 Å². The lowest BCUT2D eigenvalue weighted by Crippen LogP contribution is -2.34. The van der Waals surface area contributed by atoms with E-state index in [9.17, 15) is 13.2 Å². The van der Waals surface area contributed by atoms with Crippen LogP contribution in [0.3, 0.4) is 0 Å². The van der Waals surface area contributed by atoms with Crippen LogP contribution in [0.5, 0.6) is 0 Å². The molecular weight excluding hydrogens is 370 g/mol. The highest BCUT2D eigenvalue weighted by molar-refractivity contribution is 7.89. The Hall–Kier alpha value is -1.51. The fourth-order valence-electron chi connectivity index (χ4n) is 2.40. The van der Waals surface area contributed by atoms with Crippen molar-refractivity contribution in [3.05, 3.63) is 24.3 Å². The SMILES string of the molecule is CCCCC(=O)NC(=S)Nc1ccc(S(=O)(=O)N(CCC)CCC)cc1. The van der Waals surface area contributed by atoms with Crippen LogP contribution in [0.1, 0.15) is 52.9 Å². The molecule has 146 valence electrons. The number of carbonyl (C=O) groups excluding carboxylic acids is 1. The van der Waals surface area contributed by atoms with Gasteiger partial charge in [-0.3, -0.25) is 4.79 Å². The van der Waals surface area contributed by atoms with Gasteiger partial charge in [0.15, 0.2) is 5.11 Å². The largest absolute Gasteiger partial charge is 0.332 e. The molecule has 2 N–H and O–H groups in total. The number of hydrogen-bond donors (Lipinski definition) is 2. The molecule has 0 bridgehead atoms. The molecular formula is C18H29N3O3S2. The van der Waals surface area contributed by atoms with E-state index in [4.69, 9.17) is 12.2 Å². The molecule has 0 unspecified atom stereocenters. The molecule has 0 aliphatic heterocycles. The standard InChI is InChI=1S/C18H29N3O3S2/c1-4-7-8-17(22)20-18(25)19-15-9-11-16(12-10-15)26(23,24)21(13-5-2)14-6-3/h9-12H,4-8,13-14H2,1-3H3,(H2,19,20,22,25). The van der Waals surface area contributed by atoms with Gasteiger partial charge in [-0.05, 0) is 55.7 Å². The minimum atomic E-state index is -3.50. The minimum absolute atomic E-state index is 0.127. The Morgan fingerprint density at radius 2 is 1.62 bits per heavy atom. The van der Waals surface area contributed by atoms with Crippen LogP contribution in [-0.4, -0.2) is 36.8 Å². The normalized spacial score (nSPS) is 11.4. The van der Waals surface area contributed by atoms with Gasteiger partial charge in [0.05, 0.1) is 4.90 Å². The number of anilines is 1. The smallest absolute Gasteiger partial charge is 0.243 e. The topological polar surface area (TPSA) is 78.5 Å². The number of rotatable bonds is 10. The van der Waals surface area contributed by atoms with Gasteiger partial charge in [0, 0.05) is 25.2 Å². The summed E-state index contributed by atoms with van der Waals surface area (Å²) < 4.78 is 26.9. The number of nitrogens with zero attached hydrogens (tertiary/aromatic N) is 1. The van der Waals surface area contributed by atoms with Crippen molar-refractivity contribution in [3.8, 4) is 0 Å². The molecule has 1 aromatic carbocycles. The summed E-state index contributed by atoms with van der Waals surface area (Å²) in [7, 11) is -3.50. The van der Waals surface area contributed by atoms with Gasteiger partial charge in [0.2, 0.25) is 15.9 Å². The summed E-state index contributed by atoms with van der Waals surface area (Å²) in [5, 5.41) is 5.72. The zero-order chi connectivity index (χ0) is 19.6. The Kier molecular flexibility index (Phi) is 9.75. The number of nitrogens with one attached hydrogen (secondary N) is 2. The third kappa shape index (κ3) is 7.01. The van der Waals surface area contributed by atoms with Crippen molar-refractivity contribution in [2.75, 3.05) is 18.4 Å². The van der Waals surface area contributed by atoms with Crippen molar-refractivity contribution < 1.29 is 13.2 Å². The second-order valence-electron chi connectivity index (χ2n) is 6.03. The van der Waals surface area contributed by atoms with Gasteiger partial charge in [-0.1, -0.05) is 27.2 Å². The molecule has 0 fully saturated rings. The summed E-state index contributed by atoms with van der Waals surface area (Å²) in [5.74, 6) is -0.127. The maximum Gasteiger partial charge on any atom is 0.243 e. The molecule has 26 heavy (non-hydrogen) atoms. The third-order valence-corrected chi connectivity index (χ3v) is 5.82. The molecule has 0 radical (unpaired) electrons. The van der Waals surface area contributed by atoms with Crippen molar-refractivity contribution in [2.45, 2.75) is 57.8 Å². The quantitative estimate of drug-likeness (QED) is 0.589. The summed E-state index contributed by atoms with van der Waals surface area (Å²) in [5.41, 5.74) is 0.627. The Bertz CT molecular complexity index is 682. The highest BCUT2D eigenvalue weighted by atomic mass is 32.2. The summed E-state index contributed by atoms with van der Waals surface area (Å²) in [6.07, 6.45) is 3.72. The molecule has 0 spiro atoms. The van der Waals surface area contributed by atoms with Gasteiger partial charge in [-0.15, -0.1) is 0 Å². The number of hydrogen-bond acceptors (Lipinski definition) is 4. The van der Waals surface area contributed by atoms with E-state index in [1.54, 1.807) is 24.3 Å². The first-order valence-electron chi connectivity index (χ1n) is 9.06. The Morgan fingerprint density at radius 1 is 1.04 bits per heavy atom. The van der Waals surface area contributed by atoms with Crippen LogP contribution in [0.2, 0.25) is 0 Å². The molecule has 6 nitrogen and oxygen atoms in total. The molecule has 8 heteroatoms. The van der Waals surface area contributed by atoms with E-state index in [-0.39, 0.29) is 15.9 Å². The molecule has 0 aliphatic carbocycles. The van der Waals surface area contributed by atoms with Gasteiger partial charge in [-0.2, -0.15) is 4.31 Å². The van der Waals surface area contributed by atoms with E-state index in [1.165, 1.54) is 4.31 Å². The van der Waals surface area contributed by atoms with Crippen LogP contribution in [0, 0.1) is 0 Å². The van der Waals surface area contributed by atoms with Crippen molar-refractivity contribution in [1.29, 1.82) is 0 Å². The van der Waals surface area contributed by atoms with Crippen LogP contribution >= 0.6 is 12.2 Å². The molecule has 1 amide bonds. The van der Waals surface area contributed by atoms with Crippen LogP contribution in [-0.2, 0) is 14.8 Å². The molecule has 0 atom stereocenters. The molecule has 1 aromatic rings. The fraction of sp³-hybridized carbons (Fsp3) is 0.556. The predicted octanol–water partition coefficient (Wildman–Crippen LogP) is 3.50. The molecule has 0 heterocycles. The number of amides is 1. The van der Waals surface area contributed by atoms with Crippen molar-refractivity contribution in [2.24, 2.45) is 0 Å². The molecule has 0 saturated heterocycles. The van der Waals surface area contributed by atoms with Gasteiger partial charge in [-0.25, -0.2) is 8.42 Å². The number of unbranched alkanes of at least 4 members (excludes halogenated alkanes) is 1. The molecule has 1 rings (SSSR count). The zero-order valence-corrected chi connectivity index (χ0v) is 17.4. The summed E-state index contributed by atoms with van der Waals surface area (Å²) in [6, 6.07) is 6.40. The lowest BCUT2D eigenvalue weighted by Gasteiger charge is -2.21. The lowest BCUT2D eigenvalue weighted by atomic mass is 10.2. The third-order valence-electron chi connectivity index (χ3n) is 3.71. The Balaban J connectivity index is 2.75. The van der Waals surface area contributed by atoms with Crippen LogP contribution in [0.25, 0.3) is 0 Å². The maximum atomic E-state index is 12.7. The first kappa shape index (κ1) is 22.5. The van der Waals surface area contributed by atoms with E-state index in [1.807, 2.05) is 20.8 Å². The Morgan fingerprint density at radius 3 is 2.12 bits per heavy atom. The van der Waals surface area contributed by atoms with Gasteiger partial charge in [0.25, 0.3) is 0 Å². The average molecular weight is 400 g/mol. The van der Waals surface area contributed by atoms with E-state index >= 15 is 0 Å². The predicted molar refractivity (Wildman–Crippen MR) is 110 cm³/mol. The first-order chi connectivity index (χ1) is 12.3. The minimum Gasteiger partial charge on any atom is -0.332 e. The average Bonchev–Trinajstić information content (AvgIpc) is 2.60. The summed E-state index contributed by atoms with van der Waals surface area (Å²) in [6.45, 7) is 6.94. The maximum absolute atomic E-state index is 12.7. The highest BCUT2D eigenvalue weighted by Gasteiger charge is 2.22. The number of sulfonamides is 1. The number of thiocarbonyl (C=S) groups is 1. The van der Waals surface area contributed by atoms with E-state index in [2.05, 4.69) is 10.6 Å². The summed E-state index contributed by atoms with van der Waals surface area (Å²) in [4.78, 5) is 11.9. The molecule has 0 aliphatic rings. The van der Waals surface area contributed by atoms with Crippen molar-refractivity contribution in [1.82, 2.24) is 9.62 Å². The monoisotopic (exact) mass is 399 g/mol. The van der Waals surface area contributed by atoms with Gasteiger partial charge >= 0.3 is 0 Å². The summed E-state index contributed by atoms with van der Waals surface area (Å²) >= 11 is 5.11. The lowest BCUT2D eigenvalue weighted by molar-refractivity contribution is -0.119. The van der Waals surface area contributed by atoms with Gasteiger partial charge in [0.1, 0.15) is 0 Å². The van der Waals surface area contributed by atoms with Crippen LogP contribution in [0.4, 0.5) is 5.69 Å². The highest BCUT2D eigenvalue weighted by Crippen LogP contribution is 2.19. The number of carbonyl (C=O) groups is 1. The van der Waals surface area contributed by atoms with Crippen LogP contribution < -0.4 is 10.6 Å². The van der Waals surface area contributed by atoms with E-state index in [0.717, 1.165) is 25.7 Å². The van der Waals surface area contributed by atoms with E-state index in [0.29, 0.717) is 25.2 Å². The first-order valence-corrected chi connectivity index (χ1v) is 10.9. The second kappa shape index (κ2) is 11.3.